The third kappa shape index (κ3) is 6.86. The third-order valence-electron chi connectivity index (χ3n) is 1.64. The van der Waals surface area contributed by atoms with E-state index in [1.165, 1.54) is 0 Å². The van der Waals surface area contributed by atoms with Gasteiger partial charge in [0, 0.05) is 13.5 Å². The first-order chi connectivity index (χ1) is 6.39. The Morgan fingerprint density at radius 1 is 1.50 bits per heavy atom. The fourth-order valence-corrected chi connectivity index (χ4v) is 1.10. The maximum Gasteiger partial charge on any atom is 0.220 e. The van der Waals surface area contributed by atoms with E-state index in [0.717, 1.165) is 0 Å². The summed E-state index contributed by atoms with van der Waals surface area (Å²) in [6.45, 7) is 6.24. The topological polar surface area (TPSA) is 58.6 Å². The minimum atomic E-state index is -0.296. The van der Waals surface area contributed by atoms with Crippen molar-refractivity contribution in [1.29, 1.82) is 0 Å². The maximum absolute atomic E-state index is 11.4. The van der Waals surface area contributed by atoms with Crippen LogP contribution in [-0.4, -0.2) is 37.4 Å². The van der Waals surface area contributed by atoms with Crippen molar-refractivity contribution >= 4 is 5.91 Å². The van der Waals surface area contributed by atoms with Crippen LogP contribution in [0.1, 0.15) is 27.2 Å². The average Bonchev–Trinajstić information content (AvgIpc) is 2.00. The van der Waals surface area contributed by atoms with Crippen molar-refractivity contribution in [3.63, 3.8) is 0 Å². The minimum Gasteiger partial charge on any atom is -0.394 e. The van der Waals surface area contributed by atoms with Gasteiger partial charge in [0.2, 0.25) is 5.91 Å². The number of rotatable bonds is 5. The normalized spacial score (nSPS) is 13.8. The van der Waals surface area contributed by atoms with Crippen LogP contribution in [0.2, 0.25) is 0 Å². The zero-order chi connectivity index (χ0) is 11.2. The van der Waals surface area contributed by atoms with Crippen molar-refractivity contribution in [2.45, 2.75) is 33.2 Å². The van der Waals surface area contributed by atoms with Crippen molar-refractivity contribution in [2.24, 2.45) is 5.41 Å². The average molecular weight is 203 g/mol. The summed E-state index contributed by atoms with van der Waals surface area (Å²) in [5.74, 6) is -0.0476. The van der Waals surface area contributed by atoms with Gasteiger partial charge in [-0.1, -0.05) is 20.8 Å². The van der Waals surface area contributed by atoms with Gasteiger partial charge in [0.25, 0.3) is 0 Å². The standard InChI is InChI=1S/C10H21NO3/c1-10(2,3)5-9(13)11-8(6-12)7-14-4/h8,12H,5-7H2,1-4H3,(H,11,13). The molecule has 0 spiro atoms. The van der Waals surface area contributed by atoms with Gasteiger partial charge in [-0.15, -0.1) is 0 Å². The molecule has 0 saturated heterocycles. The first-order valence-electron chi connectivity index (χ1n) is 4.78. The van der Waals surface area contributed by atoms with Crippen LogP contribution in [0.15, 0.2) is 0 Å². The van der Waals surface area contributed by atoms with Crippen LogP contribution in [0, 0.1) is 5.41 Å². The van der Waals surface area contributed by atoms with Gasteiger partial charge in [-0.3, -0.25) is 4.79 Å². The lowest BCUT2D eigenvalue weighted by atomic mass is 9.92. The molecule has 0 fully saturated rings. The highest BCUT2D eigenvalue weighted by atomic mass is 16.5. The summed E-state index contributed by atoms with van der Waals surface area (Å²) in [6, 6.07) is -0.296. The lowest BCUT2D eigenvalue weighted by molar-refractivity contribution is -0.124. The fourth-order valence-electron chi connectivity index (χ4n) is 1.10. The second kappa shape index (κ2) is 5.98. The predicted molar refractivity (Wildman–Crippen MR) is 55.0 cm³/mol. The molecule has 0 rings (SSSR count). The maximum atomic E-state index is 11.4. The predicted octanol–water partition coefficient (Wildman–Crippen LogP) is 0.546. The Balaban J connectivity index is 3.91. The molecule has 0 heterocycles. The molecule has 4 nitrogen and oxygen atoms in total. The molecule has 0 aromatic carbocycles. The second-order valence-corrected chi connectivity index (χ2v) is 4.64. The molecule has 0 aliphatic carbocycles. The molecule has 0 aromatic heterocycles. The number of methoxy groups -OCH3 is 1. The lowest BCUT2D eigenvalue weighted by Gasteiger charge is -2.20. The number of carbonyl (C=O) groups is 1. The van der Waals surface area contributed by atoms with E-state index in [9.17, 15) is 4.79 Å². The third-order valence-corrected chi connectivity index (χ3v) is 1.64. The van der Waals surface area contributed by atoms with Crippen LogP contribution in [0.4, 0.5) is 0 Å². The quantitative estimate of drug-likeness (QED) is 0.686. The van der Waals surface area contributed by atoms with Gasteiger partial charge in [-0.2, -0.15) is 0 Å². The summed E-state index contributed by atoms with van der Waals surface area (Å²) in [4.78, 5) is 11.4. The number of nitrogens with one attached hydrogen (secondary N) is 1. The van der Waals surface area contributed by atoms with Crippen LogP contribution in [0.25, 0.3) is 0 Å². The summed E-state index contributed by atoms with van der Waals surface area (Å²) in [7, 11) is 1.54. The smallest absolute Gasteiger partial charge is 0.220 e. The molecule has 0 aliphatic heterocycles. The van der Waals surface area contributed by atoms with E-state index in [1.54, 1.807) is 7.11 Å². The Bertz CT molecular complexity index is 175. The summed E-state index contributed by atoms with van der Waals surface area (Å²) < 4.78 is 4.85. The first-order valence-corrected chi connectivity index (χ1v) is 4.78. The molecule has 0 aliphatic rings. The highest BCUT2D eigenvalue weighted by Crippen LogP contribution is 2.17. The van der Waals surface area contributed by atoms with Gasteiger partial charge in [0.05, 0.1) is 19.3 Å². The van der Waals surface area contributed by atoms with Gasteiger partial charge in [-0.05, 0) is 5.41 Å². The van der Waals surface area contributed by atoms with Gasteiger partial charge in [-0.25, -0.2) is 0 Å². The van der Waals surface area contributed by atoms with E-state index >= 15 is 0 Å². The van der Waals surface area contributed by atoms with Crippen LogP contribution < -0.4 is 5.32 Å². The van der Waals surface area contributed by atoms with Crippen molar-refractivity contribution in [3.05, 3.63) is 0 Å². The molecule has 1 unspecified atom stereocenters. The van der Waals surface area contributed by atoms with Crippen LogP contribution in [0.5, 0.6) is 0 Å². The van der Waals surface area contributed by atoms with E-state index < -0.39 is 0 Å². The van der Waals surface area contributed by atoms with Crippen molar-refractivity contribution in [3.8, 4) is 0 Å². The Labute approximate surface area is 85.6 Å². The molecule has 0 bridgehead atoms. The Kier molecular flexibility index (Phi) is 5.72. The Hall–Kier alpha value is -0.610. The summed E-state index contributed by atoms with van der Waals surface area (Å²) in [5.41, 5.74) is -0.0306. The Morgan fingerprint density at radius 3 is 2.43 bits per heavy atom. The zero-order valence-electron chi connectivity index (χ0n) is 9.46. The monoisotopic (exact) mass is 203 g/mol. The fraction of sp³-hybridized carbons (Fsp3) is 0.900. The van der Waals surface area contributed by atoms with E-state index in [4.69, 9.17) is 9.84 Å². The van der Waals surface area contributed by atoms with Crippen molar-refractivity contribution in [1.82, 2.24) is 5.32 Å². The number of hydrogen-bond acceptors (Lipinski definition) is 3. The Morgan fingerprint density at radius 2 is 2.07 bits per heavy atom. The van der Waals surface area contributed by atoms with Crippen molar-refractivity contribution < 1.29 is 14.6 Å². The number of hydrogen-bond donors (Lipinski definition) is 2. The van der Waals surface area contributed by atoms with Gasteiger partial charge in [0.15, 0.2) is 0 Å². The van der Waals surface area contributed by atoms with Crippen LogP contribution in [-0.2, 0) is 9.53 Å². The van der Waals surface area contributed by atoms with E-state index in [0.29, 0.717) is 13.0 Å². The molecule has 14 heavy (non-hydrogen) atoms. The summed E-state index contributed by atoms with van der Waals surface area (Å²) in [5, 5.41) is 11.6. The molecule has 84 valence electrons. The molecule has 4 heteroatoms. The largest absolute Gasteiger partial charge is 0.394 e. The van der Waals surface area contributed by atoms with E-state index in [2.05, 4.69) is 5.32 Å². The molecular formula is C10H21NO3. The second-order valence-electron chi connectivity index (χ2n) is 4.64. The molecule has 2 N–H and O–H groups in total. The lowest BCUT2D eigenvalue weighted by Crippen LogP contribution is -2.41. The highest BCUT2D eigenvalue weighted by molar-refractivity contribution is 5.76. The molecule has 0 saturated carbocycles. The molecule has 1 amide bonds. The zero-order valence-corrected chi connectivity index (χ0v) is 9.46. The van der Waals surface area contributed by atoms with Gasteiger partial charge >= 0.3 is 0 Å². The van der Waals surface area contributed by atoms with Crippen LogP contribution >= 0.6 is 0 Å². The van der Waals surface area contributed by atoms with Crippen LogP contribution in [0.3, 0.4) is 0 Å². The number of amides is 1. The van der Waals surface area contributed by atoms with Gasteiger partial charge in [0.1, 0.15) is 0 Å². The minimum absolute atomic E-state index is 0.0306. The van der Waals surface area contributed by atoms with Gasteiger partial charge < -0.3 is 15.2 Å². The number of aliphatic hydroxyl groups excluding tert-OH is 1. The molecule has 0 radical (unpaired) electrons. The molecule has 1 atom stereocenters. The number of carbonyl (C=O) groups excluding carboxylic acids is 1. The molecule has 0 aromatic rings. The highest BCUT2D eigenvalue weighted by Gasteiger charge is 2.18. The summed E-state index contributed by atoms with van der Waals surface area (Å²) in [6.07, 6.45) is 0.452. The van der Waals surface area contributed by atoms with E-state index in [1.807, 2.05) is 20.8 Å². The first kappa shape index (κ1) is 13.4. The SMILES string of the molecule is COCC(CO)NC(=O)CC(C)(C)C. The number of aliphatic hydroxyl groups is 1. The number of ether oxygens (including phenoxy) is 1. The summed E-state index contributed by atoms with van der Waals surface area (Å²) >= 11 is 0. The van der Waals surface area contributed by atoms with E-state index in [-0.39, 0.29) is 24.0 Å². The molecular weight excluding hydrogens is 182 g/mol. The van der Waals surface area contributed by atoms with Crippen molar-refractivity contribution in [2.75, 3.05) is 20.3 Å².